The molecular formula is C13H14BrN3O2. The Hall–Kier alpha value is -1.61. The Morgan fingerprint density at radius 3 is 2.79 bits per heavy atom. The topological polar surface area (TPSA) is 70.2 Å². The zero-order valence-corrected chi connectivity index (χ0v) is 12.0. The summed E-state index contributed by atoms with van der Waals surface area (Å²) in [5.41, 5.74) is 1.78. The first-order valence-electron chi connectivity index (χ1n) is 6.14. The fourth-order valence-electron chi connectivity index (χ4n) is 2.11. The molecule has 1 aliphatic rings. The van der Waals surface area contributed by atoms with Crippen LogP contribution >= 0.6 is 15.9 Å². The molecule has 0 aromatic heterocycles. The predicted molar refractivity (Wildman–Crippen MR) is 76.3 cm³/mol. The highest BCUT2D eigenvalue weighted by atomic mass is 79.9. The predicted octanol–water partition coefficient (Wildman–Crippen LogP) is 3.37. The average molecular weight is 324 g/mol. The summed E-state index contributed by atoms with van der Waals surface area (Å²) in [6.45, 7) is 0.681. The van der Waals surface area contributed by atoms with Gasteiger partial charge in [0.1, 0.15) is 0 Å². The molecule has 0 N–H and O–H groups in total. The second kappa shape index (κ2) is 6.02. The number of hydrogen-bond acceptors (Lipinski definition) is 4. The van der Waals surface area contributed by atoms with E-state index in [2.05, 4.69) is 26.9 Å². The van der Waals surface area contributed by atoms with Gasteiger partial charge >= 0.3 is 0 Å². The third-order valence-corrected chi connectivity index (χ3v) is 3.79. The summed E-state index contributed by atoms with van der Waals surface area (Å²) < 4.78 is 0. The van der Waals surface area contributed by atoms with E-state index in [1.54, 1.807) is 12.1 Å². The number of nitriles is 1. The fraction of sp³-hybridized carbons (Fsp3) is 0.462. The van der Waals surface area contributed by atoms with Crippen LogP contribution in [-0.2, 0) is 5.33 Å². The lowest BCUT2D eigenvalue weighted by molar-refractivity contribution is -0.385. The summed E-state index contributed by atoms with van der Waals surface area (Å²) in [6, 6.07) is 7.81. The lowest BCUT2D eigenvalue weighted by Crippen LogP contribution is -2.26. The molecular weight excluding hydrogens is 310 g/mol. The molecule has 0 amide bonds. The highest BCUT2D eigenvalue weighted by Crippen LogP contribution is 2.34. The molecule has 6 heteroatoms. The number of alkyl halides is 1. The minimum atomic E-state index is -0.364. The zero-order chi connectivity index (χ0) is 13.8. The SMILES string of the molecule is N#CCCN(c1ccc([N+](=O)[O-])c(CBr)c1)C1CC1. The van der Waals surface area contributed by atoms with Crippen LogP contribution in [0.4, 0.5) is 11.4 Å². The van der Waals surface area contributed by atoms with Crippen LogP contribution in [0.1, 0.15) is 24.8 Å². The second-order valence-corrected chi connectivity index (χ2v) is 5.10. The molecule has 0 spiro atoms. The van der Waals surface area contributed by atoms with E-state index >= 15 is 0 Å². The van der Waals surface area contributed by atoms with E-state index < -0.39 is 0 Å². The van der Waals surface area contributed by atoms with Crippen molar-refractivity contribution in [3.8, 4) is 6.07 Å². The highest BCUT2D eigenvalue weighted by molar-refractivity contribution is 9.08. The van der Waals surface area contributed by atoms with Crippen molar-refractivity contribution in [3.63, 3.8) is 0 Å². The number of nitro benzene ring substituents is 1. The average Bonchev–Trinajstić information content (AvgIpc) is 3.23. The Kier molecular flexibility index (Phi) is 4.38. The van der Waals surface area contributed by atoms with Crippen molar-refractivity contribution in [1.82, 2.24) is 0 Å². The quantitative estimate of drug-likeness (QED) is 0.457. The van der Waals surface area contributed by atoms with Gasteiger partial charge in [0.25, 0.3) is 5.69 Å². The van der Waals surface area contributed by atoms with Crippen LogP contribution in [0.15, 0.2) is 18.2 Å². The minimum absolute atomic E-state index is 0.136. The molecule has 0 radical (unpaired) electrons. The van der Waals surface area contributed by atoms with Gasteiger partial charge in [-0.15, -0.1) is 0 Å². The van der Waals surface area contributed by atoms with Gasteiger partial charge in [-0.05, 0) is 25.0 Å². The maximum Gasteiger partial charge on any atom is 0.273 e. The summed E-state index contributed by atoms with van der Waals surface area (Å²) >= 11 is 3.29. The van der Waals surface area contributed by atoms with Crippen molar-refractivity contribution >= 4 is 27.3 Å². The monoisotopic (exact) mass is 323 g/mol. The minimum Gasteiger partial charge on any atom is -0.367 e. The van der Waals surface area contributed by atoms with E-state index in [1.165, 1.54) is 0 Å². The number of rotatable bonds is 6. The molecule has 19 heavy (non-hydrogen) atoms. The van der Waals surface area contributed by atoms with E-state index in [4.69, 9.17) is 5.26 Å². The normalized spacial score (nSPS) is 13.9. The third-order valence-electron chi connectivity index (χ3n) is 3.19. The molecule has 2 rings (SSSR count). The number of nitro groups is 1. The Morgan fingerprint density at radius 2 is 2.26 bits per heavy atom. The largest absolute Gasteiger partial charge is 0.367 e. The standard InChI is InChI=1S/C13H14BrN3O2/c14-9-10-8-12(4-5-13(10)17(18)19)16(7-1-6-15)11-2-3-11/h4-5,8,11H,1-3,7,9H2. The Bertz CT molecular complexity index is 523. The molecule has 0 unspecified atom stereocenters. The highest BCUT2D eigenvalue weighted by Gasteiger charge is 2.29. The lowest BCUT2D eigenvalue weighted by atomic mass is 10.1. The molecule has 1 aromatic rings. The van der Waals surface area contributed by atoms with Gasteiger partial charge in [0, 0.05) is 35.2 Å². The molecule has 1 aliphatic carbocycles. The van der Waals surface area contributed by atoms with Gasteiger partial charge in [-0.1, -0.05) is 15.9 Å². The Balaban J connectivity index is 2.27. The van der Waals surface area contributed by atoms with Gasteiger partial charge < -0.3 is 4.90 Å². The maximum absolute atomic E-state index is 10.9. The molecule has 0 bridgehead atoms. The maximum atomic E-state index is 10.9. The van der Waals surface area contributed by atoms with Crippen LogP contribution in [0, 0.1) is 21.4 Å². The molecule has 5 nitrogen and oxygen atoms in total. The number of hydrogen-bond donors (Lipinski definition) is 0. The molecule has 1 saturated carbocycles. The van der Waals surface area contributed by atoms with E-state index in [-0.39, 0.29) is 10.6 Å². The molecule has 100 valence electrons. The summed E-state index contributed by atoms with van der Waals surface area (Å²) in [4.78, 5) is 12.7. The second-order valence-electron chi connectivity index (χ2n) is 4.54. The van der Waals surface area contributed by atoms with Gasteiger partial charge in [-0.25, -0.2) is 0 Å². The lowest BCUT2D eigenvalue weighted by Gasteiger charge is -2.24. The van der Waals surface area contributed by atoms with Crippen LogP contribution in [-0.4, -0.2) is 17.5 Å². The van der Waals surface area contributed by atoms with Crippen LogP contribution < -0.4 is 4.90 Å². The number of anilines is 1. The Labute approximate surface area is 120 Å². The zero-order valence-electron chi connectivity index (χ0n) is 10.4. The van der Waals surface area contributed by atoms with Crippen molar-refractivity contribution in [2.45, 2.75) is 30.6 Å². The van der Waals surface area contributed by atoms with Crippen molar-refractivity contribution in [2.24, 2.45) is 0 Å². The summed E-state index contributed by atoms with van der Waals surface area (Å²) in [5.74, 6) is 0. The van der Waals surface area contributed by atoms with Crippen LogP contribution in [0.2, 0.25) is 0 Å². The number of halogens is 1. The molecule has 1 fully saturated rings. The first-order valence-corrected chi connectivity index (χ1v) is 7.26. The first kappa shape index (κ1) is 13.8. The Morgan fingerprint density at radius 1 is 1.53 bits per heavy atom. The number of benzene rings is 1. The van der Waals surface area contributed by atoms with Gasteiger partial charge in [0.2, 0.25) is 0 Å². The van der Waals surface area contributed by atoms with Gasteiger partial charge in [0.15, 0.2) is 0 Å². The summed E-state index contributed by atoms with van der Waals surface area (Å²) in [5, 5.41) is 20.1. The van der Waals surface area contributed by atoms with Gasteiger partial charge in [-0.3, -0.25) is 10.1 Å². The van der Waals surface area contributed by atoms with Crippen molar-refractivity contribution in [1.29, 1.82) is 5.26 Å². The molecule has 0 aliphatic heterocycles. The van der Waals surface area contributed by atoms with E-state index in [9.17, 15) is 10.1 Å². The smallest absolute Gasteiger partial charge is 0.273 e. The molecule has 1 aromatic carbocycles. The summed E-state index contributed by atoms with van der Waals surface area (Å²) in [6.07, 6.45) is 2.73. The fourth-order valence-corrected chi connectivity index (χ4v) is 2.56. The molecule has 0 atom stereocenters. The van der Waals surface area contributed by atoms with Crippen LogP contribution in [0.5, 0.6) is 0 Å². The van der Waals surface area contributed by atoms with E-state index in [1.807, 2.05) is 6.07 Å². The van der Waals surface area contributed by atoms with Crippen LogP contribution in [0.25, 0.3) is 0 Å². The van der Waals surface area contributed by atoms with Gasteiger partial charge in [-0.2, -0.15) is 5.26 Å². The summed E-state index contributed by atoms with van der Waals surface area (Å²) in [7, 11) is 0. The van der Waals surface area contributed by atoms with Gasteiger partial charge in [0.05, 0.1) is 17.4 Å². The first-order chi connectivity index (χ1) is 9.17. The van der Waals surface area contributed by atoms with Crippen molar-refractivity contribution < 1.29 is 4.92 Å². The van der Waals surface area contributed by atoms with E-state index in [0.29, 0.717) is 29.9 Å². The van der Waals surface area contributed by atoms with E-state index in [0.717, 1.165) is 18.5 Å². The third kappa shape index (κ3) is 3.24. The van der Waals surface area contributed by atoms with Crippen LogP contribution in [0.3, 0.4) is 0 Å². The molecule has 0 heterocycles. The van der Waals surface area contributed by atoms with Crippen molar-refractivity contribution in [3.05, 3.63) is 33.9 Å². The molecule has 0 saturated heterocycles. The number of nitrogens with zero attached hydrogens (tertiary/aromatic N) is 3. The van der Waals surface area contributed by atoms with Crippen molar-refractivity contribution in [2.75, 3.05) is 11.4 Å².